The molecule has 0 saturated carbocycles. The number of amides is 5. The summed E-state index contributed by atoms with van der Waals surface area (Å²) in [7, 11) is -3.41. The first kappa shape index (κ1) is 108. The number of alkyl carbamates (subject to hydrolysis) is 1. The number of nitrogens with zero attached hydrogens (tertiary/aromatic N) is 5. The maximum Gasteiger partial charge on any atom is 0.410 e. The van der Waals surface area contributed by atoms with Crippen LogP contribution in [0.4, 0.5) is 26.1 Å². The normalized spacial score (nSPS) is 14.4. The number of ether oxygens (including phenoxy) is 3. The molecule has 0 aliphatic rings. The molecule has 5 amide bonds. The van der Waals surface area contributed by atoms with E-state index >= 15 is 0 Å². The van der Waals surface area contributed by atoms with Crippen LogP contribution in [0, 0.1) is 47.3 Å². The zero-order chi connectivity index (χ0) is 89.3. The second kappa shape index (κ2) is 58.8. The van der Waals surface area contributed by atoms with Gasteiger partial charge in [0, 0.05) is 51.3 Å². The van der Waals surface area contributed by atoms with Gasteiger partial charge in [-0.2, -0.15) is 9.97 Å². The Kier molecular flexibility index (Phi) is 52.8. The Morgan fingerprint density at radius 2 is 0.958 bits per heavy atom. The molecule has 3 rings (SSSR count). The van der Waals surface area contributed by atoms with Crippen LogP contribution in [0.5, 0.6) is 0 Å². The molecule has 0 aliphatic carbocycles. The number of anilines is 2. The zero-order valence-electron chi connectivity index (χ0n) is 78.9. The molecule has 0 bridgehead atoms. The molecule has 26 heteroatoms. The van der Waals surface area contributed by atoms with Crippen molar-refractivity contribution in [2.45, 2.75) is 373 Å². The number of carbonyl (C=O) groups excluding carboxylic acids is 6. The SMILES string of the molecule is CCCCNc1nc(N)c2[nH]c(=O)n(Cc3ccc(C(=O)NCC(=O)N[C@@H](CCCCNCCCP(=O)(OCCC(C)CCCC(C)CCCC(C)CCCC(C)C)OCCC(C)CCCC(C)CCCC(C)CCCC(C)C)C(=O)CCCCN(CCCCN(CCCNC(=O)OC(C)(C)C)C(=O)OC(C)(C)C)C(=O)OC(C)(C)C)cc3)c2n1. The summed E-state index contributed by atoms with van der Waals surface area (Å²) in [6, 6.07) is 5.79. The Balaban J connectivity index is 1.71. The minimum absolute atomic E-state index is 0.108. The van der Waals surface area contributed by atoms with Crippen LogP contribution in [0.1, 0.15) is 360 Å². The Hall–Kier alpha value is -6.30. The van der Waals surface area contributed by atoms with Gasteiger partial charge in [0.25, 0.3) is 5.91 Å². The zero-order valence-corrected chi connectivity index (χ0v) is 79.8. The van der Waals surface area contributed by atoms with E-state index in [1.165, 1.54) is 107 Å². The molecule has 690 valence electrons. The molecule has 0 spiro atoms. The van der Waals surface area contributed by atoms with Gasteiger partial charge < -0.3 is 70.4 Å². The van der Waals surface area contributed by atoms with Crippen molar-refractivity contribution >= 4 is 66.4 Å². The summed E-state index contributed by atoms with van der Waals surface area (Å²) in [5, 5.41) is 15.1. The minimum atomic E-state index is -3.41. The van der Waals surface area contributed by atoms with Crippen molar-refractivity contribution in [3.63, 3.8) is 0 Å². The average Bonchev–Trinajstić information content (AvgIpc) is 1.63. The summed E-state index contributed by atoms with van der Waals surface area (Å²) in [5.74, 6) is 4.71. The van der Waals surface area contributed by atoms with Crippen LogP contribution < -0.4 is 38.0 Å². The fourth-order valence-corrected chi connectivity index (χ4v) is 16.4. The first-order valence-corrected chi connectivity index (χ1v) is 48.6. The number of imidazole rings is 1. The molecule has 25 nitrogen and oxygen atoms in total. The van der Waals surface area contributed by atoms with Crippen LogP contribution in [0.3, 0.4) is 0 Å². The van der Waals surface area contributed by atoms with Gasteiger partial charge in [0.05, 0.1) is 38.5 Å². The van der Waals surface area contributed by atoms with Gasteiger partial charge in [0.2, 0.25) is 11.9 Å². The van der Waals surface area contributed by atoms with Crippen molar-refractivity contribution in [3.8, 4) is 0 Å². The molecule has 1 aromatic carbocycles. The van der Waals surface area contributed by atoms with E-state index in [1.54, 1.807) is 96.4 Å². The first-order valence-electron chi connectivity index (χ1n) is 46.8. The number of ketones is 1. The topological polar surface area (TPSA) is 322 Å². The number of hydrogen-bond acceptors (Lipinski definition) is 18. The van der Waals surface area contributed by atoms with Crippen LogP contribution in [-0.2, 0) is 44.0 Å². The van der Waals surface area contributed by atoms with Crippen LogP contribution in [0.2, 0.25) is 0 Å². The van der Waals surface area contributed by atoms with Crippen LogP contribution in [0.15, 0.2) is 29.1 Å². The lowest BCUT2D eigenvalue weighted by Crippen LogP contribution is -2.45. The fourth-order valence-electron chi connectivity index (χ4n) is 14.8. The van der Waals surface area contributed by atoms with Crippen molar-refractivity contribution in [2.75, 3.05) is 89.3 Å². The number of fused-ring (bicyclic) bond motifs is 1. The van der Waals surface area contributed by atoms with Gasteiger partial charge >= 0.3 is 31.6 Å². The largest absolute Gasteiger partial charge is 0.444 e. The van der Waals surface area contributed by atoms with Gasteiger partial charge in [0.15, 0.2) is 17.2 Å². The highest BCUT2D eigenvalue weighted by molar-refractivity contribution is 7.53. The number of benzene rings is 1. The van der Waals surface area contributed by atoms with Crippen LogP contribution in [-0.4, -0.2) is 166 Å². The van der Waals surface area contributed by atoms with Gasteiger partial charge in [-0.15, -0.1) is 0 Å². The molecule has 7 atom stereocenters. The summed E-state index contributed by atoms with van der Waals surface area (Å²) >= 11 is 0. The number of H-pyrrole nitrogens is 1. The monoisotopic (exact) mass is 1710 g/mol. The number of aromatic nitrogens is 4. The fraction of sp³-hybridized carbons (Fsp3) is 0.819. The number of nitrogens with two attached hydrogens (primary N) is 1. The first-order chi connectivity index (χ1) is 56.6. The molecule has 3 aromatic rings. The molecule has 0 aliphatic heterocycles. The number of nitrogen functional groups attached to an aromatic ring is 1. The van der Waals surface area contributed by atoms with Crippen molar-refractivity contribution < 1.29 is 56.6 Å². The second-order valence-corrected chi connectivity index (χ2v) is 41.1. The van der Waals surface area contributed by atoms with Crippen LogP contribution >= 0.6 is 7.60 Å². The predicted octanol–water partition coefficient (Wildman–Crippen LogP) is 21.4. The van der Waals surface area contributed by atoms with Crippen LogP contribution in [0.25, 0.3) is 11.2 Å². The number of nitrogens with one attached hydrogen (secondary N) is 6. The Labute approximate surface area is 725 Å². The maximum absolute atomic E-state index is 14.7. The summed E-state index contributed by atoms with van der Waals surface area (Å²) in [4.78, 5) is 109. The maximum atomic E-state index is 14.7. The van der Waals surface area contributed by atoms with Gasteiger partial charge in [-0.1, -0.05) is 210 Å². The van der Waals surface area contributed by atoms with Gasteiger partial charge in [0.1, 0.15) is 22.3 Å². The standard InChI is InChI=1S/C94H171N12O13P/c1-21-22-59-97-87-102-84(95)83-85(103-87)106(88(110)101-83)69-78-51-53-79(54-52-78)86(109)99-68-82(108)100-80(81(107)50-24-26-61-104(90(112)118-93(15,16)17)62-27-28-63-105(91(113)119-94(18,19)20)64-35-60-98-89(111)117-92(12,13)14)49-23-25-57-96-58-36-67-120(114,115-65-55-76(10)47-33-45-74(8)43-31-41-72(6)39-29-37-70(2)3)116-66-56-77(11)48-34-46-75(9)44-32-42-73(7)40-30-38-71(4)5/h51-54,70-77,80,96H,21-50,55-69H2,1-20H3,(H,98,111)(H,99,109)(H,100,108)(H,101,110)(H3,95,97,102,103)/t72?,73?,74?,75?,76?,77?,80-,120?/m0/s1. The summed E-state index contributed by atoms with van der Waals surface area (Å²) in [5.41, 5.74) is 5.30. The molecule has 6 unspecified atom stereocenters. The van der Waals surface area contributed by atoms with Crippen molar-refractivity contribution in [1.82, 2.24) is 50.6 Å². The van der Waals surface area contributed by atoms with E-state index in [-0.39, 0.29) is 43.2 Å². The Bertz CT molecular complexity index is 3400. The van der Waals surface area contributed by atoms with Crippen molar-refractivity contribution in [2.24, 2.45) is 47.3 Å². The lowest BCUT2D eigenvalue weighted by atomic mass is 9.91. The van der Waals surface area contributed by atoms with E-state index in [0.29, 0.717) is 163 Å². The summed E-state index contributed by atoms with van der Waals surface area (Å²) in [6.45, 7) is 45.7. The summed E-state index contributed by atoms with van der Waals surface area (Å²) in [6.07, 6.45) is 29.9. The lowest BCUT2D eigenvalue weighted by molar-refractivity contribution is -0.127. The third-order valence-electron chi connectivity index (χ3n) is 22.1. The molecular formula is C94H171N12O13P. The number of Topliss-reactive ketones (excluding diaryl/α,β-unsaturated/α-hetero) is 1. The average molecular weight is 1710 g/mol. The molecule has 8 N–H and O–H groups in total. The molecule has 2 aromatic heterocycles. The third kappa shape index (κ3) is 51.1. The van der Waals surface area contributed by atoms with Crippen molar-refractivity contribution in [1.29, 1.82) is 0 Å². The smallest absolute Gasteiger partial charge is 0.410 e. The number of unbranched alkanes of at least 4 members (excludes halogenated alkanes) is 4. The van der Waals surface area contributed by atoms with E-state index in [4.69, 9.17) is 29.0 Å². The highest BCUT2D eigenvalue weighted by atomic mass is 31.2. The highest BCUT2D eigenvalue weighted by Crippen LogP contribution is 2.49. The van der Waals surface area contributed by atoms with E-state index in [9.17, 15) is 38.1 Å². The van der Waals surface area contributed by atoms with E-state index < -0.39 is 72.8 Å². The lowest BCUT2D eigenvalue weighted by Gasteiger charge is -2.29. The molecule has 0 fully saturated rings. The number of carbonyl (C=O) groups is 6. The molecule has 0 saturated heterocycles. The molecular weight excluding hydrogens is 1540 g/mol. The third-order valence-corrected chi connectivity index (χ3v) is 24.2. The number of rotatable bonds is 66. The Morgan fingerprint density at radius 3 is 1.43 bits per heavy atom. The predicted molar refractivity (Wildman–Crippen MR) is 491 cm³/mol. The van der Waals surface area contributed by atoms with E-state index in [1.807, 2.05) is 0 Å². The summed E-state index contributed by atoms with van der Waals surface area (Å²) < 4.78 is 45.8. The van der Waals surface area contributed by atoms with E-state index in [2.05, 4.69) is 118 Å². The highest BCUT2D eigenvalue weighted by Gasteiger charge is 2.29. The quantitative estimate of drug-likeness (QED) is 0.0157. The minimum Gasteiger partial charge on any atom is -0.444 e. The van der Waals surface area contributed by atoms with E-state index in [0.717, 1.165) is 62.2 Å². The molecule has 0 radical (unpaired) electrons. The van der Waals surface area contributed by atoms with Gasteiger partial charge in [-0.25, -0.2) is 19.2 Å². The molecule has 120 heavy (non-hydrogen) atoms. The molecule has 2 heterocycles. The second-order valence-electron chi connectivity index (χ2n) is 39.0. The number of hydrogen-bond donors (Lipinski definition) is 7. The van der Waals surface area contributed by atoms with Gasteiger partial charge in [-0.3, -0.25) is 23.5 Å². The number of aromatic amines is 1. The van der Waals surface area contributed by atoms with Crippen molar-refractivity contribution in [3.05, 3.63) is 45.9 Å². The Morgan fingerprint density at radius 1 is 0.508 bits per heavy atom. The van der Waals surface area contributed by atoms with Gasteiger partial charge in [-0.05, 0) is 217 Å².